The number of aryl methyl sites for hydroxylation is 1. The average Bonchev–Trinajstić information content (AvgIpc) is 2.65. The van der Waals surface area contributed by atoms with Gasteiger partial charge in [-0.1, -0.05) is 51.7 Å². The summed E-state index contributed by atoms with van der Waals surface area (Å²) in [5, 5.41) is 14.2. The minimum absolute atomic E-state index is 0.153. The van der Waals surface area contributed by atoms with Crippen molar-refractivity contribution in [2.45, 2.75) is 59.5 Å². The molecule has 0 amide bonds. The van der Waals surface area contributed by atoms with Gasteiger partial charge < -0.3 is 9.84 Å². The van der Waals surface area contributed by atoms with E-state index in [4.69, 9.17) is 4.74 Å². The number of pyridine rings is 1. The number of hydrogen-bond acceptors (Lipinski definition) is 5. The molecule has 27 heavy (non-hydrogen) atoms. The third-order valence-corrected chi connectivity index (χ3v) is 4.42. The highest BCUT2D eigenvalue weighted by Crippen LogP contribution is 2.30. The Hall–Kier alpha value is -2.56. The van der Waals surface area contributed by atoms with Gasteiger partial charge in [0.1, 0.15) is 12.4 Å². The molecule has 2 aromatic rings. The highest BCUT2D eigenvalue weighted by molar-refractivity contribution is 5.61. The van der Waals surface area contributed by atoms with Gasteiger partial charge in [-0.2, -0.15) is 5.10 Å². The molecule has 0 aliphatic rings. The maximum Gasteiger partial charge on any atom is 0.164 e. The second kappa shape index (κ2) is 11.2. The van der Waals surface area contributed by atoms with Crippen molar-refractivity contribution in [3.63, 3.8) is 0 Å². The van der Waals surface area contributed by atoms with Gasteiger partial charge in [0.05, 0.1) is 0 Å². The summed E-state index contributed by atoms with van der Waals surface area (Å²) in [6.07, 6.45) is 9.94. The molecule has 0 fully saturated rings. The zero-order chi connectivity index (χ0) is 19.5. The number of hydrazone groups is 1. The number of rotatable bonds is 11. The molecule has 0 radical (unpaired) electrons. The van der Waals surface area contributed by atoms with Crippen LogP contribution in [0.3, 0.4) is 0 Å². The fraction of sp³-hybridized carbons (Fsp3) is 0.455. The predicted molar refractivity (Wildman–Crippen MR) is 111 cm³/mol. The third-order valence-electron chi connectivity index (χ3n) is 4.42. The first-order valence-electron chi connectivity index (χ1n) is 9.75. The molecule has 0 aliphatic carbocycles. The molecule has 1 aromatic carbocycles. The molecule has 5 heteroatoms. The number of phenols is 1. The van der Waals surface area contributed by atoms with Crippen LogP contribution in [0.15, 0.2) is 41.6 Å². The van der Waals surface area contributed by atoms with Crippen molar-refractivity contribution in [1.29, 1.82) is 0 Å². The second-order valence-corrected chi connectivity index (χ2v) is 6.98. The fourth-order valence-electron chi connectivity index (χ4n) is 2.80. The van der Waals surface area contributed by atoms with Crippen molar-refractivity contribution in [1.82, 2.24) is 4.98 Å². The van der Waals surface area contributed by atoms with Crippen molar-refractivity contribution in [3.05, 3.63) is 47.7 Å². The molecule has 2 N–H and O–H groups in total. The first-order chi connectivity index (χ1) is 13.1. The van der Waals surface area contributed by atoms with Crippen molar-refractivity contribution in [3.8, 4) is 11.5 Å². The minimum atomic E-state index is 0.153. The van der Waals surface area contributed by atoms with E-state index in [9.17, 15) is 5.11 Å². The van der Waals surface area contributed by atoms with E-state index < -0.39 is 0 Å². The van der Waals surface area contributed by atoms with Gasteiger partial charge in [0.2, 0.25) is 0 Å². The Morgan fingerprint density at radius 3 is 2.89 bits per heavy atom. The van der Waals surface area contributed by atoms with E-state index in [-0.39, 0.29) is 5.75 Å². The van der Waals surface area contributed by atoms with Gasteiger partial charge in [0, 0.05) is 12.4 Å². The first kappa shape index (κ1) is 20.7. The lowest BCUT2D eigenvalue weighted by molar-refractivity contribution is 0.287. The van der Waals surface area contributed by atoms with E-state index in [2.05, 4.69) is 29.4 Å². The van der Waals surface area contributed by atoms with E-state index in [0.717, 1.165) is 17.5 Å². The van der Waals surface area contributed by atoms with E-state index in [1.165, 1.54) is 25.7 Å². The van der Waals surface area contributed by atoms with E-state index in [1.807, 2.05) is 31.3 Å². The van der Waals surface area contributed by atoms with Gasteiger partial charge in [-0.05, 0) is 48.6 Å². The highest BCUT2D eigenvalue weighted by atomic mass is 16.5. The summed E-state index contributed by atoms with van der Waals surface area (Å²) in [6.45, 7) is 6.67. The van der Waals surface area contributed by atoms with Crippen molar-refractivity contribution >= 4 is 12.0 Å². The van der Waals surface area contributed by atoms with Crippen LogP contribution in [0.5, 0.6) is 11.5 Å². The van der Waals surface area contributed by atoms with E-state index in [1.54, 1.807) is 18.3 Å². The number of anilines is 1. The molecule has 0 spiro atoms. The van der Waals surface area contributed by atoms with E-state index >= 15 is 0 Å². The number of nitrogens with one attached hydrogen (secondary N) is 1. The summed E-state index contributed by atoms with van der Waals surface area (Å²) in [5.74, 6) is 1.79. The van der Waals surface area contributed by atoms with Crippen molar-refractivity contribution in [2.24, 2.45) is 11.0 Å². The standard InChI is InChI=1S/C22H31N3O2/c1-4-5-6-7-9-17(2)15-24-25-21-14-19(12-13-23-21)16-27-22-18(3)10-8-11-20(22)26/h8,10-15,17,26H,4-7,9,16H2,1-3H3,(H,23,25)/b24-15+. The van der Waals surface area contributed by atoms with Gasteiger partial charge in [-0.3, -0.25) is 5.43 Å². The van der Waals surface area contributed by atoms with E-state index in [0.29, 0.717) is 24.1 Å². The normalized spacial score (nSPS) is 12.3. The third kappa shape index (κ3) is 7.29. The van der Waals surface area contributed by atoms with Crippen molar-refractivity contribution in [2.75, 3.05) is 5.43 Å². The smallest absolute Gasteiger partial charge is 0.164 e. The molecule has 1 unspecified atom stereocenters. The van der Waals surface area contributed by atoms with Crippen LogP contribution in [-0.4, -0.2) is 16.3 Å². The molecule has 5 nitrogen and oxygen atoms in total. The van der Waals surface area contributed by atoms with Crippen LogP contribution >= 0.6 is 0 Å². The molecule has 146 valence electrons. The zero-order valence-electron chi connectivity index (χ0n) is 16.6. The predicted octanol–water partition coefficient (Wildman–Crippen LogP) is 5.68. The number of nitrogens with zero attached hydrogens (tertiary/aromatic N) is 2. The molecule has 0 bridgehead atoms. The lowest BCUT2D eigenvalue weighted by Crippen LogP contribution is -2.01. The summed E-state index contributed by atoms with van der Waals surface area (Å²) in [4.78, 5) is 4.28. The van der Waals surface area contributed by atoms with Gasteiger partial charge in [-0.15, -0.1) is 0 Å². The number of ether oxygens (including phenoxy) is 1. The van der Waals surface area contributed by atoms with Gasteiger partial charge in [-0.25, -0.2) is 4.98 Å². The molecular weight excluding hydrogens is 338 g/mol. The molecule has 0 saturated carbocycles. The number of hydrogen-bond donors (Lipinski definition) is 2. The summed E-state index contributed by atoms with van der Waals surface area (Å²) in [6, 6.07) is 9.13. The second-order valence-electron chi connectivity index (χ2n) is 6.98. The Labute approximate surface area is 162 Å². The lowest BCUT2D eigenvalue weighted by atomic mass is 10.0. The summed E-state index contributed by atoms with van der Waals surface area (Å²) in [5.41, 5.74) is 4.85. The van der Waals surface area contributed by atoms with Crippen molar-refractivity contribution < 1.29 is 9.84 Å². The van der Waals surface area contributed by atoms with Crippen LogP contribution in [0, 0.1) is 12.8 Å². The molecule has 1 atom stereocenters. The van der Waals surface area contributed by atoms with Crippen LogP contribution in [0.1, 0.15) is 57.1 Å². The molecular formula is C22H31N3O2. The topological polar surface area (TPSA) is 66.7 Å². The number of unbranched alkanes of at least 4 members (excludes halogenated alkanes) is 3. The number of para-hydroxylation sites is 1. The number of phenolic OH excluding ortho intramolecular Hbond substituents is 1. The van der Waals surface area contributed by atoms with Gasteiger partial charge in [0.25, 0.3) is 0 Å². The minimum Gasteiger partial charge on any atom is -0.504 e. The largest absolute Gasteiger partial charge is 0.504 e. The van der Waals surface area contributed by atoms with Crippen LogP contribution in [0.4, 0.5) is 5.82 Å². The molecule has 0 aliphatic heterocycles. The first-order valence-corrected chi connectivity index (χ1v) is 9.75. The Morgan fingerprint density at radius 1 is 1.26 bits per heavy atom. The average molecular weight is 370 g/mol. The molecule has 1 heterocycles. The fourth-order valence-corrected chi connectivity index (χ4v) is 2.80. The zero-order valence-corrected chi connectivity index (χ0v) is 16.6. The maximum absolute atomic E-state index is 9.91. The lowest BCUT2D eigenvalue weighted by Gasteiger charge is -2.11. The van der Waals surface area contributed by atoms with Gasteiger partial charge >= 0.3 is 0 Å². The van der Waals surface area contributed by atoms with Crippen LogP contribution in [0.25, 0.3) is 0 Å². The quantitative estimate of drug-likeness (QED) is 0.304. The van der Waals surface area contributed by atoms with Crippen LogP contribution < -0.4 is 10.2 Å². The maximum atomic E-state index is 9.91. The van der Waals surface area contributed by atoms with Crippen LogP contribution in [0.2, 0.25) is 0 Å². The Balaban J connectivity index is 1.83. The number of aromatic hydroxyl groups is 1. The highest BCUT2D eigenvalue weighted by Gasteiger charge is 2.06. The Kier molecular flexibility index (Phi) is 8.62. The SMILES string of the molecule is CCCCCCC(C)/C=N/Nc1cc(COc2c(C)cccc2O)ccn1. The molecule has 2 rings (SSSR count). The summed E-state index contributed by atoms with van der Waals surface area (Å²) < 4.78 is 5.77. The Bertz CT molecular complexity index is 711. The number of benzene rings is 1. The summed E-state index contributed by atoms with van der Waals surface area (Å²) >= 11 is 0. The Morgan fingerprint density at radius 2 is 2.11 bits per heavy atom. The number of aromatic nitrogens is 1. The van der Waals surface area contributed by atoms with Crippen LogP contribution in [-0.2, 0) is 6.61 Å². The molecule has 1 aromatic heterocycles. The summed E-state index contributed by atoms with van der Waals surface area (Å²) in [7, 11) is 0. The molecule has 0 saturated heterocycles. The van der Waals surface area contributed by atoms with Gasteiger partial charge in [0.15, 0.2) is 11.5 Å². The monoisotopic (exact) mass is 369 g/mol.